The van der Waals surface area contributed by atoms with E-state index in [2.05, 4.69) is 5.18 Å². The van der Waals surface area contributed by atoms with Crippen molar-refractivity contribution in [1.82, 2.24) is 0 Å². The van der Waals surface area contributed by atoms with Crippen molar-refractivity contribution in [2.45, 2.75) is 32.6 Å². The molecule has 1 aliphatic heterocycles. The van der Waals surface area contributed by atoms with Crippen LogP contribution in [0.1, 0.15) is 46.3 Å². The van der Waals surface area contributed by atoms with Crippen molar-refractivity contribution in [1.29, 1.82) is 5.41 Å². The molecular weight excluding hydrogens is 553 g/mol. The highest BCUT2D eigenvalue weighted by Crippen LogP contribution is 2.41. The van der Waals surface area contributed by atoms with Gasteiger partial charge in [0.15, 0.2) is 0 Å². The molecule has 0 radical (unpaired) electrons. The first-order valence-electron chi connectivity index (χ1n) is 12.7. The Bertz CT molecular complexity index is 1580. The summed E-state index contributed by atoms with van der Waals surface area (Å²) in [5.41, 5.74) is 3.78. The molecule has 204 valence electrons. The van der Waals surface area contributed by atoms with Crippen LogP contribution < -0.4 is 9.64 Å². The molecule has 1 saturated carbocycles. The predicted molar refractivity (Wildman–Crippen MR) is 154 cm³/mol. The van der Waals surface area contributed by atoms with Gasteiger partial charge in [-0.2, -0.15) is 0 Å². The lowest BCUT2D eigenvalue weighted by Gasteiger charge is -2.30. The normalized spacial score (nSPS) is 15.3. The van der Waals surface area contributed by atoms with Crippen molar-refractivity contribution < 1.29 is 19.4 Å². The molecular formula is C30H25Cl2N3O5. The SMILES string of the molecule is Cc1cccc(Cl)c1C(=N)/C(COc1ccc2c(c1)CCC(=O)N2c1ccc(C(=O)N=O)cc1Cl)=C(\O)C1CC1. The molecule has 0 aromatic heterocycles. The zero-order chi connectivity index (χ0) is 28.6. The molecule has 3 aromatic rings. The van der Waals surface area contributed by atoms with Gasteiger partial charge in [0.25, 0.3) is 0 Å². The molecule has 0 saturated heterocycles. The molecule has 0 atom stereocenters. The van der Waals surface area contributed by atoms with E-state index in [1.54, 1.807) is 18.2 Å². The van der Waals surface area contributed by atoms with Crippen LogP contribution in [-0.2, 0) is 11.2 Å². The van der Waals surface area contributed by atoms with Crippen LogP contribution in [0, 0.1) is 23.2 Å². The summed E-state index contributed by atoms with van der Waals surface area (Å²) in [5.74, 6) is -0.431. The van der Waals surface area contributed by atoms with Crippen LogP contribution in [-0.4, -0.2) is 29.2 Å². The number of nitrogens with one attached hydrogen (secondary N) is 1. The van der Waals surface area contributed by atoms with E-state index in [4.69, 9.17) is 33.3 Å². The van der Waals surface area contributed by atoms with Crippen LogP contribution in [0.2, 0.25) is 10.0 Å². The van der Waals surface area contributed by atoms with Crippen LogP contribution in [0.15, 0.2) is 71.1 Å². The summed E-state index contributed by atoms with van der Waals surface area (Å²) in [6.45, 7) is 1.84. The number of carbonyl (C=O) groups is 2. The topological polar surface area (TPSA) is 120 Å². The van der Waals surface area contributed by atoms with E-state index in [0.29, 0.717) is 39.7 Å². The van der Waals surface area contributed by atoms with E-state index < -0.39 is 5.91 Å². The summed E-state index contributed by atoms with van der Waals surface area (Å²) in [5, 5.41) is 22.8. The molecule has 1 aliphatic carbocycles. The minimum atomic E-state index is -0.945. The van der Waals surface area contributed by atoms with Gasteiger partial charge in [-0.05, 0) is 79.8 Å². The van der Waals surface area contributed by atoms with Crippen LogP contribution in [0.5, 0.6) is 5.75 Å². The van der Waals surface area contributed by atoms with Gasteiger partial charge in [-0.3, -0.25) is 19.9 Å². The van der Waals surface area contributed by atoms with Crippen LogP contribution in [0.3, 0.4) is 0 Å². The number of fused-ring (bicyclic) bond motifs is 1. The highest BCUT2D eigenvalue weighted by atomic mass is 35.5. The average molecular weight is 578 g/mol. The third-order valence-electron chi connectivity index (χ3n) is 7.10. The molecule has 3 aromatic carbocycles. The quantitative estimate of drug-likeness (QED) is 0.163. The van der Waals surface area contributed by atoms with Crippen LogP contribution in [0.4, 0.5) is 11.4 Å². The Labute approximate surface area is 240 Å². The van der Waals surface area contributed by atoms with Gasteiger partial charge in [0.2, 0.25) is 5.91 Å². The van der Waals surface area contributed by atoms with Gasteiger partial charge in [-0.1, -0.05) is 35.3 Å². The summed E-state index contributed by atoms with van der Waals surface area (Å²) in [7, 11) is 0. The first-order valence-corrected chi connectivity index (χ1v) is 13.5. The van der Waals surface area contributed by atoms with Gasteiger partial charge in [0.05, 0.1) is 32.7 Å². The number of nitroso groups, excluding NO2 is 1. The lowest BCUT2D eigenvalue weighted by Crippen LogP contribution is -2.31. The largest absolute Gasteiger partial charge is 0.512 e. The monoisotopic (exact) mass is 577 g/mol. The first kappa shape index (κ1) is 27.6. The van der Waals surface area contributed by atoms with Crippen molar-refractivity contribution in [2.24, 2.45) is 11.1 Å². The lowest BCUT2D eigenvalue weighted by atomic mass is 9.96. The number of allylic oxidation sites excluding steroid dienone is 1. The highest BCUT2D eigenvalue weighted by molar-refractivity contribution is 6.35. The molecule has 8 nitrogen and oxygen atoms in total. The van der Waals surface area contributed by atoms with Crippen molar-refractivity contribution >= 4 is 52.1 Å². The highest BCUT2D eigenvalue weighted by Gasteiger charge is 2.31. The van der Waals surface area contributed by atoms with E-state index in [-0.39, 0.29) is 46.9 Å². The van der Waals surface area contributed by atoms with E-state index in [1.165, 1.54) is 23.1 Å². The molecule has 0 spiro atoms. The van der Waals surface area contributed by atoms with Gasteiger partial charge in [-0.25, -0.2) is 0 Å². The van der Waals surface area contributed by atoms with Gasteiger partial charge in [0, 0.05) is 28.6 Å². The number of benzene rings is 3. The number of rotatable bonds is 8. The Hall–Kier alpha value is -4.01. The summed E-state index contributed by atoms with van der Waals surface area (Å²) >= 11 is 12.8. The fourth-order valence-corrected chi connectivity index (χ4v) is 5.41. The van der Waals surface area contributed by atoms with Crippen molar-refractivity contribution in [3.63, 3.8) is 0 Å². The van der Waals surface area contributed by atoms with Crippen LogP contribution in [0.25, 0.3) is 0 Å². The molecule has 2 aliphatic rings. The van der Waals surface area contributed by atoms with Gasteiger partial charge in [-0.15, -0.1) is 4.91 Å². The number of halogens is 2. The Balaban J connectivity index is 1.42. The average Bonchev–Trinajstić information content (AvgIpc) is 3.79. The van der Waals surface area contributed by atoms with E-state index >= 15 is 0 Å². The Morgan fingerprint density at radius 3 is 2.50 bits per heavy atom. The van der Waals surface area contributed by atoms with Crippen molar-refractivity contribution in [3.8, 4) is 5.75 Å². The second kappa shape index (κ2) is 11.2. The molecule has 40 heavy (non-hydrogen) atoms. The third kappa shape index (κ3) is 5.37. The number of carbonyl (C=O) groups excluding carboxylic acids is 2. The number of aliphatic hydroxyl groups excluding tert-OH is 1. The molecule has 10 heteroatoms. The standard InChI is InChI=1S/C30H25Cl2N3O5/c1-16-3-2-4-22(31)27(16)28(33)21(29(37)17-5-6-17)15-40-20-9-11-24-18(13-20)8-12-26(36)35(24)25-10-7-19(14-23(25)32)30(38)34-39/h2-4,7,9-11,13-14,17,33,37H,5-6,8,12,15H2,1H3/b29-21-,33-28?. The van der Waals surface area contributed by atoms with E-state index in [0.717, 1.165) is 24.0 Å². The minimum Gasteiger partial charge on any atom is -0.512 e. The molecule has 0 unspecified atom stereocenters. The Morgan fingerprint density at radius 2 is 1.82 bits per heavy atom. The number of aryl methyl sites for hydroxylation is 2. The lowest BCUT2D eigenvalue weighted by molar-refractivity contribution is -0.118. The van der Waals surface area contributed by atoms with E-state index in [1.807, 2.05) is 25.1 Å². The maximum atomic E-state index is 12.9. The number of aliphatic hydroxyl groups is 1. The minimum absolute atomic E-state index is 0.0126. The zero-order valence-electron chi connectivity index (χ0n) is 21.5. The van der Waals surface area contributed by atoms with Gasteiger partial charge >= 0.3 is 5.91 Å². The number of ether oxygens (including phenoxy) is 1. The third-order valence-corrected chi connectivity index (χ3v) is 7.72. The maximum Gasteiger partial charge on any atom is 0.316 e. The summed E-state index contributed by atoms with van der Waals surface area (Å²) in [6, 6.07) is 14.9. The fourth-order valence-electron chi connectivity index (χ4n) is 4.83. The Morgan fingerprint density at radius 1 is 1.07 bits per heavy atom. The van der Waals surface area contributed by atoms with E-state index in [9.17, 15) is 19.6 Å². The van der Waals surface area contributed by atoms with Crippen molar-refractivity contribution in [2.75, 3.05) is 11.5 Å². The Kier molecular flexibility index (Phi) is 7.74. The number of amides is 2. The number of hydrogen-bond acceptors (Lipinski definition) is 6. The fraction of sp³-hybridized carbons (Fsp3) is 0.233. The van der Waals surface area contributed by atoms with Gasteiger partial charge in [0.1, 0.15) is 18.1 Å². The number of anilines is 2. The molecule has 5 rings (SSSR count). The number of hydrogen-bond donors (Lipinski definition) is 2. The molecule has 2 amide bonds. The van der Waals surface area contributed by atoms with Crippen LogP contribution >= 0.6 is 23.2 Å². The number of nitrogens with zero attached hydrogens (tertiary/aromatic N) is 2. The molecule has 2 N–H and O–H groups in total. The predicted octanol–water partition coefficient (Wildman–Crippen LogP) is 7.49. The maximum absolute atomic E-state index is 12.9. The molecule has 1 fully saturated rings. The first-order chi connectivity index (χ1) is 19.2. The molecule has 1 heterocycles. The van der Waals surface area contributed by atoms with Crippen molar-refractivity contribution in [3.05, 3.63) is 103 Å². The second-order valence-electron chi connectivity index (χ2n) is 9.82. The zero-order valence-corrected chi connectivity index (χ0v) is 23.1. The molecule has 0 bridgehead atoms. The second-order valence-corrected chi connectivity index (χ2v) is 10.6. The summed E-state index contributed by atoms with van der Waals surface area (Å²) in [6.07, 6.45) is 2.43. The summed E-state index contributed by atoms with van der Waals surface area (Å²) < 4.78 is 6.09. The smallest absolute Gasteiger partial charge is 0.316 e. The van der Waals surface area contributed by atoms with Gasteiger partial charge < -0.3 is 9.84 Å². The summed E-state index contributed by atoms with van der Waals surface area (Å²) in [4.78, 5) is 36.6.